The Morgan fingerprint density at radius 1 is 1.55 bits per heavy atom. The lowest BCUT2D eigenvalue weighted by Crippen LogP contribution is -2.23. The van der Waals surface area contributed by atoms with E-state index in [4.69, 9.17) is 10.5 Å². The fourth-order valence-corrected chi connectivity index (χ4v) is 2.20. The lowest BCUT2D eigenvalue weighted by Gasteiger charge is -2.12. The Balaban J connectivity index is 2.00. The average molecular weight is 293 g/mol. The molecule has 0 spiro atoms. The highest BCUT2D eigenvalue weighted by molar-refractivity contribution is 8.00. The predicted octanol–water partition coefficient (Wildman–Crippen LogP) is 1.51. The smallest absolute Gasteiger partial charge is 0.237 e. The molecule has 0 fully saturated rings. The van der Waals surface area contributed by atoms with E-state index in [1.54, 1.807) is 32.2 Å². The number of ether oxygens (including phenoxy) is 1. The van der Waals surface area contributed by atoms with Crippen molar-refractivity contribution in [1.29, 1.82) is 0 Å². The SMILES string of the molecule is COc1ccc(NC(=O)C(C)Sc2ncn[nH]2)c(N)c1. The molecule has 1 aromatic heterocycles. The van der Waals surface area contributed by atoms with Crippen LogP contribution in [0.15, 0.2) is 29.7 Å². The van der Waals surface area contributed by atoms with Gasteiger partial charge in [-0.3, -0.25) is 9.89 Å². The Morgan fingerprint density at radius 3 is 2.95 bits per heavy atom. The minimum atomic E-state index is -0.329. The van der Waals surface area contributed by atoms with Crippen LogP contribution in [0.2, 0.25) is 0 Å². The first kappa shape index (κ1) is 14.2. The van der Waals surface area contributed by atoms with Crippen LogP contribution >= 0.6 is 11.8 Å². The molecule has 0 radical (unpaired) electrons. The Labute approximate surface area is 120 Å². The summed E-state index contributed by atoms with van der Waals surface area (Å²) in [5, 5.41) is 9.46. The van der Waals surface area contributed by atoms with E-state index in [2.05, 4.69) is 20.5 Å². The summed E-state index contributed by atoms with van der Waals surface area (Å²) in [6.07, 6.45) is 1.40. The maximum absolute atomic E-state index is 12.1. The van der Waals surface area contributed by atoms with Crippen molar-refractivity contribution in [1.82, 2.24) is 15.2 Å². The Morgan fingerprint density at radius 2 is 2.35 bits per heavy atom. The van der Waals surface area contributed by atoms with E-state index in [1.807, 2.05) is 0 Å². The molecular formula is C12H15N5O2S. The third-order valence-electron chi connectivity index (χ3n) is 2.57. The lowest BCUT2D eigenvalue weighted by molar-refractivity contribution is -0.115. The molecule has 0 saturated carbocycles. The number of nitrogen functional groups attached to an aromatic ring is 1. The molecule has 1 unspecified atom stereocenters. The van der Waals surface area contributed by atoms with Crippen LogP contribution in [0.1, 0.15) is 6.92 Å². The van der Waals surface area contributed by atoms with Crippen molar-refractivity contribution in [3.8, 4) is 5.75 Å². The van der Waals surface area contributed by atoms with Crippen LogP contribution in [-0.4, -0.2) is 33.4 Å². The molecule has 0 saturated heterocycles. The normalized spacial score (nSPS) is 11.9. The van der Waals surface area contributed by atoms with E-state index < -0.39 is 0 Å². The quantitative estimate of drug-likeness (QED) is 0.570. The van der Waals surface area contributed by atoms with Crippen LogP contribution in [0.3, 0.4) is 0 Å². The molecule has 1 aromatic carbocycles. The highest BCUT2D eigenvalue weighted by Gasteiger charge is 2.17. The van der Waals surface area contributed by atoms with Crippen LogP contribution in [0.25, 0.3) is 0 Å². The van der Waals surface area contributed by atoms with Gasteiger partial charge in [-0.15, -0.1) is 0 Å². The Kier molecular flexibility index (Phi) is 4.46. The van der Waals surface area contributed by atoms with E-state index in [-0.39, 0.29) is 11.2 Å². The second-order valence-corrected chi connectivity index (χ2v) is 5.32. The number of benzene rings is 1. The fourth-order valence-electron chi connectivity index (χ4n) is 1.49. The minimum Gasteiger partial charge on any atom is -0.497 e. The second-order valence-electron chi connectivity index (χ2n) is 3.99. The van der Waals surface area contributed by atoms with E-state index in [0.29, 0.717) is 22.3 Å². The molecule has 7 nitrogen and oxygen atoms in total. The molecule has 4 N–H and O–H groups in total. The summed E-state index contributed by atoms with van der Waals surface area (Å²) >= 11 is 1.28. The summed E-state index contributed by atoms with van der Waals surface area (Å²) in [6, 6.07) is 5.10. The first-order valence-electron chi connectivity index (χ1n) is 5.86. The predicted molar refractivity (Wildman–Crippen MR) is 77.7 cm³/mol. The summed E-state index contributed by atoms with van der Waals surface area (Å²) in [4.78, 5) is 16.0. The third-order valence-corrected chi connectivity index (χ3v) is 3.55. The summed E-state index contributed by atoms with van der Waals surface area (Å²) < 4.78 is 5.06. The van der Waals surface area contributed by atoms with E-state index in [1.165, 1.54) is 18.1 Å². The molecule has 2 rings (SSSR count). The first-order valence-corrected chi connectivity index (χ1v) is 6.74. The number of hydrogen-bond acceptors (Lipinski definition) is 6. The number of nitrogens with one attached hydrogen (secondary N) is 2. The minimum absolute atomic E-state index is 0.164. The van der Waals surface area contributed by atoms with E-state index in [0.717, 1.165) is 0 Å². The molecule has 0 aliphatic heterocycles. The number of aromatic amines is 1. The molecule has 1 heterocycles. The number of carbonyl (C=O) groups is 1. The number of aromatic nitrogens is 3. The number of H-pyrrole nitrogens is 1. The van der Waals surface area contributed by atoms with Gasteiger partial charge < -0.3 is 15.8 Å². The Bertz CT molecular complexity index is 588. The van der Waals surface area contributed by atoms with Gasteiger partial charge in [-0.1, -0.05) is 11.8 Å². The molecule has 1 amide bonds. The average Bonchev–Trinajstić information content (AvgIpc) is 2.93. The van der Waals surface area contributed by atoms with Crippen molar-refractivity contribution in [3.05, 3.63) is 24.5 Å². The van der Waals surface area contributed by atoms with Gasteiger partial charge >= 0.3 is 0 Å². The number of amides is 1. The maximum atomic E-state index is 12.1. The number of carbonyl (C=O) groups excluding carboxylic acids is 1. The van der Waals surface area contributed by atoms with E-state index >= 15 is 0 Å². The molecule has 0 aliphatic carbocycles. The van der Waals surface area contributed by atoms with Crippen LogP contribution < -0.4 is 15.8 Å². The molecular weight excluding hydrogens is 278 g/mol. The van der Waals surface area contributed by atoms with Gasteiger partial charge in [-0.2, -0.15) is 5.10 Å². The second kappa shape index (κ2) is 6.29. The first-order chi connectivity index (χ1) is 9.60. The van der Waals surface area contributed by atoms with Crippen molar-refractivity contribution in [3.63, 3.8) is 0 Å². The molecule has 2 aromatic rings. The number of nitrogens with zero attached hydrogens (tertiary/aromatic N) is 2. The van der Waals surface area contributed by atoms with E-state index in [9.17, 15) is 4.79 Å². The zero-order chi connectivity index (χ0) is 14.5. The summed E-state index contributed by atoms with van der Waals surface area (Å²) in [6.45, 7) is 1.78. The summed E-state index contributed by atoms with van der Waals surface area (Å²) in [5.74, 6) is 0.479. The lowest BCUT2D eigenvalue weighted by atomic mass is 10.2. The summed E-state index contributed by atoms with van der Waals surface area (Å²) in [5.41, 5.74) is 6.86. The van der Waals surface area contributed by atoms with Crippen LogP contribution in [0.4, 0.5) is 11.4 Å². The zero-order valence-electron chi connectivity index (χ0n) is 11.1. The van der Waals surface area contributed by atoms with Gasteiger partial charge in [0.15, 0.2) is 5.16 Å². The van der Waals surface area contributed by atoms with Crippen LogP contribution in [0.5, 0.6) is 5.75 Å². The molecule has 106 valence electrons. The number of methoxy groups -OCH3 is 1. The monoisotopic (exact) mass is 293 g/mol. The number of rotatable bonds is 5. The zero-order valence-corrected chi connectivity index (χ0v) is 11.9. The van der Waals surface area contributed by atoms with Gasteiger partial charge in [-0.25, -0.2) is 4.98 Å². The Hall–Kier alpha value is -2.22. The van der Waals surface area contributed by atoms with Gasteiger partial charge in [0.2, 0.25) is 5.91 Å². The highest BCUT2D eigenvalue weighted by Crippen LogP contribution is 2.25. The van der Waals surface area contributed by atoms with Gasteiger partial charge in [0.1, 0.15) is 12.1 Å². The molecule has 20 heavy (non-hydrogen) atoms. The van der Waals surface area contributed by atoms with Gasteiger partial charge in [-0.05, 0) is 19.1 Å². The molecule has 1 atom stereocenters. The van der Waals surface area contributed by atoms with Crippen LogP contribution in [0, 0.1) is 0 Å². The molecule has 8 heteroatoms. The van der Waals surface area contributed by atoms with Gasteiger partial charge in [0.05, 0.1) is 23.7 Å². The van der Waals surface area contributed by atoms with Crippen molar-refractivity contribution < 1.29 is 9.53 Å². The van der Waals surface area contributed by atoms with Crippen molar-refractivity contribution in [2.45, 2.75) is 17.3 Å². The third kappa shape index (κ3) is 3.41. The number of anilines is 2. The standard InChI is InChI=1S/C12H15N5O2S/c1-7(20-12-14-6-15-17-12)11(18)16-10-4-3-8(19-2)5-9(10)13/h3-7H,13H2,1-2H3,(H,16,18)(H,14,15,17). The molecule has 0 aliphatic rings. The maximum Gasteiger partial charge on any atom is 0.237 e. The summed E-state index contributed by atoms with van der Waals surface area (Å²) in [7, 11) is 1.56. The number of hydrogen-bond donors (Lipinski definition) is 3. The van der Waals surface area contributed by atoms with Gasteiger partial charge in [0.25, 0.3) is 0 Å². The van der Waals surface area contributed by atoms with Crippen molar-refractivity contribution >= 4 is 29.0 Å². The van der Waals surface area contributed by atoms with Gasteiger partial charge in [0, 0.05) is 6.07 Å². The number of nitrogens with two attached hydrogens (primary N) is 1. The highest BCUT2D eigenvalue weighted by atomic mass is 32.2. The molecule has 0 bridgehead atoms. The van der Waals surface area contributed by atoms with Crippen molar-refractivity contribution in [2.24, 2.45) is 0 Å². The fraction of sp³-hybridized carbons (Fsp3) is 0.250. The van der Waals surface area contributed by atoms with Crippen molar-refractivity contribution in [2.75, 3.05) is 18.2 Å². The largest absolute Gasteiger partial charge is 0.497 e. The number of thioether (sulfide) groups is 1. The topological polar surface area (TPSA) is 106 Å². The van der Waals surface area contributed by atoms with Crippen LogP contribution in [-0.2, 0) is 4.79 Å².